The average Bonchev–Trinajstić information content (AvgIpc) is 2.77. The van der Waals surface area contributed by atoms with Crippen LogP contribution in [-0.4, -0.2) is 18.8 Å². The molecule has 18 heavy (non-hydrogen) atoms. The van der Waals surface area contributed by atoms with E-state index in [-0.39, 0.29) is 5.60 Å². The van der Waals surface area contributed by atoms with E-state index in [4.69, 9.17) is 4.74 Å². The summed E-state index contributed by atoms with van der Waals surface area (Å²) in [5.74, 6) is 0.609. The van der Waals surface area contributed by atoms with Gasteiger partial charge in [-0.2, -0.15) is 0 Å². The van der Waals surface area contributed by atoms with Crippen molar-refractivity contribution in [1.82, 2.24) is 5.32 Å². The van der Waals surface area contributed by atoms with E-state index in [9.17, 15) is 0 Å². The Morgan fingerprint density at radius 2 is 2.00 bits per heavy atom. The molecular weight excluding hydrogens is 222 g/mol. The number of hydrogen-bond acceptors (Lipinski definition) is 2. The lowest BCUT2D eigenvalue weighted by Crippen LogP contribution is -2.36. The number of benzene rings is 1. The van der Waals surface area contributed by atoms with Crippen molar-refractivity contribution in [3.8, 4) is 0 Å². The molecule has 0 radical (unpaired) electrons. The van der Waals surface area contributed by atoms with Gasteiger partial charge in [0, 0.05) is 19.7 Å². The minimum absolute atomic E-state index is 0.0534. The van der Waals surface area contributed by atoms with Gasteiger partial charge in [-0.15, -0.1) is 0 Å². The Kier molecular flexibility index (Phi) is 4.41. The van der Waals surface area contributed by atoms with Gasteiger partial charge in [-0.05, 0) is 36.8 Å². The van der Waals surface area contributed by atoms with Crippen LogP contribution >= 0.6 is 0 Å². The number of hydrogen-bond donors (Lipinski definition) is 1. The Balaban J connectivity index is 1.79. The predicted octanol–water partition coefficient (Wildman–Crippen LogP) is 3.47. The molecule has 1 fully saturated rings. The topological polar surface area (TPSA) is 21.3 Å². The van der Waals surface area contributed by atoms with Gasteiger partial charge in [-0.25, -0.2) is 0 Å². The van der Waals surface area contributed by atoms with Crippen LogP contribution in [0.3, 0.4) is 0 Å². The van der Waals surface area contributed by atoms with Gasteiger partial charge in [0.1, 0.15) is 0 Å². The molecule has 1 aromatic carbocycles. The van der Waals surface area contributed by atoms with Gasteiger partial charge in [0.2, 0.25) is 0 Å². The van der Waals surface area contributed by atoms with E-state index in [1.165, 1.54) is 24.0 Å². The summed E-state index contributed by atoms with van der Waals surface area (Å²) in [7, 11) is 0. The SMILES string of the molecule is CC(C)c1ccc(CNCC2(C)CCCO2)cc1. The second-order valence-electron chi connectivity index (χ2n) is 5.90. The van der Waals surface area contributed by atoms with Crippen molar-refractivity contribution >= 4 is 0 Å². The highest BCUT2D eigenvalue weighted by Crippen LogP contribution is 2.24. The molecule has 1 heterocycles. The number of rotatable bonds is 5. The molecule has 0 aromatic heterocycles. The summed E-state index contributed by atoms with van der Waals surface area (Å²) in [6, 6.07) is 8.91. The Morgan fingerprint density at radius 1 is 1.28 bits per heavy atom. The normalized spacial score (nSPS) is 23.8. The van der Waals surface area contributed by atoms with Gasteiger partial charge < -0.3 is 10.1 Å². The molecule has 0 bridgehead atoms. The smallest absolute Gasteiger partial charge is 0.0779 e. The summed E-state index contributed by atoms with van der Waals surface area (Å²) in [6.45, 7) is 9.45. The monoisotopic (exact) mass is 247 g/mol. The van der Waals surface area contributed by atoms with Gasteiger partial charge in [-0.1, -0.05) is 38.1 Å². The Bertz CT molecular complexity index is 363. The van der Waals surface area contributed by atoms with E-state index in [0.29, 0.717) is 5.92 Å². The standard InChI is InChI=1S/C16H25NO/c1-13(2)15-7-5-14(6-8-15)11-17-12-16(3)9-4-10-18-16/h5-8,13,17H,4,9-12H2,1-3H3. The number of nitrogens with one attached hydrogen (secondary N) is 1. The first-order chi connectivity index (χ1) is 8.59. The first-order valence-corrected chi connectivity index (χ1v) is 7.03. The van der Waals surface area contributed by atoms with Crippen LogP contribution in [0.2, 0.25) is 0 Å². The minimum Gasteiger partial charge on any atom is -0.374 e. The van der Waals surface area contributed by atoms with Crippen LogP contribution in [0.5, 0.6) is 0 Å². The van der Waals surface area contributed by atoms with Gasteiger partial charge in [0.25, 0.3) is 0 Å². The molecular formula is C16H25NO. The fourth-order valence-corrected chi connectivity index (χ4v) is 2.47. The third-order valence-corrected chi connectivity index (χ3v) is 3.77. The summed E-state index contributed by atoms with van der Waals surface area (Å²) in [4.78, 5) is 0. The summed E-state index contributed by atoms with van der Waals surface area (Å²) >= 11 is 0. The minimum atomic E-state index is 0.0534. The maximum absolute atomic E-state index is 5.77. The number of ether oxygens (including phenoxy) is 1. The van der Waals surface area contributed by atoms with E-state index < -0.39 is 0 Å². The zero-order valence-corrected chi connectivity index (χ0v) is 11.8. The quantitative estimate of drug-likeness (QED) is 0.860. The van der Waals surface area contributed by atoms with Crippen LogP contribution in [0.4, 0.5) is 0 Å². The van der Waals surface area contributed by atoms with Crippen molar-refractivity contribution in [3.05, 3.63) is 35.4 Å². The molecule has 1 aliphatic rings. The first kappa shape index (κ1) is 13.6. The Hall–Kier alpha value is -0.860. The lowest BCUT2D eigenvalue weighted by Gasteiger charge is -2.23. The largest absolute Gasteiger partial charge is 0.374 e. The van der Waals surface area contributed by atoms with Gasteiger partial charge in [0.15, 0.2) is 0 Å². The molecule has 1 saturated heterocycles. The average molecular weight is 247 g/mol. The summed E-state index contributed by atoms with van der Waals surface area (Å²) in [6.07, 6.45) is 2.37. The van der Waals surface area contributed by atoms with E-state index in [1.54, 1.807) is 0 Å². The first-order valence-electron chi connectivity index (χ1n) is 7.03. The van der Waals surface area contributed by atoms with E-state index >= 15 is 0 Å². The van der Waals surface area contributed by atoms with E-state index in [2.05, 4.69) is 50.4 Å². The van der Waals surface area contributed by atoms with E-state index in [1.807, 2.05) is 0 Å². The highest BCUT2D eigenvalue weighted by atomic mass is 16.5. The maximum Gasteiger partial charge on any atom is 0.0779 e. The van der Waals surface area contributed by atoms with Crippen molar-refractivity contribution in [2.24, 2.45) is 0 Å². The third-order valence-electron chi connectivity index (χ3n) is 3.77. The van der Waals surface area contributed by atoms with Crippen LogP contribution in [0.25, 0.3) is 0 Å². The van der Waals surface area contributed by atoms with Crippen molar-refractivity contribution < 1.29 is 4.74 Å². The fourth-order valence-electron chi connectivity index (χ4n) is 2.47. The van der Waals surface area contributed by atoms with Crippen LogP contribution in [0.15, 0.2) is 24.3 Å². The van der Waals surface area contributed by atoms with Crippen molar-refractivity contribution in [2.75, 3.05) is 13.2 Å². The second-order valence-corrected chi connectivity index (χ2v) is 5.90. The highest BCUT2D eigenvalue weighted by molar-refractivity contribution is 5.24. The van der Waals surface area contributed by atoms with Crippen LogP contribution in [0, 0.1) is 0 Å². The second kappa shape index (κ2) is 5.85. The zero-order valence-electron chi connectivity index (χ0n) is 11.8. The van der Waals surface area contributed by atoms with Crippen LogP contribution in [-0.2, 0) is 11.3 Å². The molecule has 2 heteroatoms. The van der Waals surface area contributed by atoms with Gasteiger partial charge >= 0.3 is 0 Å². The molecule has 1 N–H and O–H groups in total. The molecule has 100 valence electrons. The maximum atomic E-state index is 5.77. The lowest BCUT2D eigenvalue weighted by molar-refractivity contribution is 0.0207. The van der Waals surface area contributed by atoms with Crippen molar-refractivity contribution in [1.29, 1.82) is 0 Å². The zero-order chi connectivity index (χ0) is 13.0. The van der Waals surface area contributed by atoms with Gasteiger partial charge in [-0.3, -0.25) is 0 Å². The summed E-state index contributed by atoms with van der Waals surface area (Å²) in [5, 5.41) is 3.51. The molecule has 2 rings (SSSR count). The van der Waals surface area contributed by atoms with Crippen molar-refractivity contribution in [3.63, 3.8) is 0 Å². The lowest BCUT2D eigenvalue weighted by atomic mass is 10.0. The molecule has 0 spiro atoms. The molecule has 0 aliphatic carbocycles. The third kappa shape index (κ3) is 3.56. The van der Waals surface area contributed by atoms with Crippen molar-refractivity contribution in [2.45, 2.75) is 51.7 Å². The molecule has 1 unspecified atom stereocenters. The predicted molar refractivity (Wildman–Crippen MR) is 75.8 cm³/mol. The summed E-state index contributed by atoms with van der Waals surface area (Å²) < 4.78 is 5.77. The highest BCUT2D eigenvalue weighted by Gasteiger charge is 2.28. The Labute approximate surface area is 111 Å². The van der Waals surface area contributed by atoms with Crippen LogP contribution in [0.1, 0.15) is 50.7 Å². The molecule has 2 nitrogen and oxygen atoms in total. The summed E-state index contributed by atoms with van der Waals surface area (Å²) in [5.41, 5.74) is 2.81. The molecule has 1 aliphatic heterocycles. The Morgan fingerprint density at radius 3 is 2.56 bits per heavy atom. The fraction of sp³-hybridized carbons (Fsp3) is 0.625. The van der Waals surface area contributed by atoms with E-state index in [0.717, 1.165) is 19.7 Å². The molecule has 1 aromatic rings. The van der Waals surface area contributed by atoms with Crippen LogP contribution < -0.4 is 5.32 Å². The molecule has 0 amide bonds. The van der Waals surface area contributed by atoms with Gasteiger partial charge in [0.05, 0.1) is 5.60 Å². The molecule has 1 atom stereocenters. The molecule has 0 saturated carbocycles.